The average Bonchev–Trinajstić information content (AvgIpc) is 2.26. The molecule has 108 valence electrons. The second-order valence-corrected chi connectivity index (χ2v) is 4.28. The van der Waals surface area contributed by atoms with Crippen LogP contribution in [0.1, 0.15) is 20.3 Å². The van der Waals surface area contributed by atoms with E-state index in [9.17, 15) is 13.2 Å². The summed E-state index contributed by atoms with van der Waals surface area (Å²) in [5.41, 5.74) is 5.08. The molecule has 0 radical (unpaired) electrons. The number of rotatable bonds is 7. The Morgan fingerprint density at radius 1 is 1.39 bits per heavy atom. The highest BCUT2D eigenvalue weighted by Gasteiger charge is 2.43. The second kappa shape index (κ2) is 7.42. The van der Waals surface area contributed by atoms with Crippen molar-refractivity contribution in [1.82, 2.24) is 4.90 Å². The fraction of sp³-hybridized carbons (Fsp3) is 0.900. The van der Waals surface area contributed by atoms with E-state index in [0.717, 1.165) is 0 Å². The zero-order valence-electron chi connectivity index (χ0n) is 10.5. The lowest BCUT2D eigenvalue weighted by Gasteiger charge is -2.30. The van der Waals surface area contributed by atoms with E-state index in [-0.39, 0.29) is 12.6 Å². The minimum absolute atomic E-state index is 0.0938. The van der Waals surface area contributed by atoms with Crippen LogP contribution in [0.5, 0.6) is 0 Å². The Hall–Kier alpha value is -1.02. The fourth-order valence-electron chi connectivity index (χ4n) is 1.50. The summed E-state index contributed by atoms with van der Waals surface area (Å²) in [7, 11) is 0. The van der Waals surface area contributed by atoms with Crippen LogP contribution < -0.4 is 5.73 Å². The highest BCUT2D eigenvalue weighted by molar-refractivity contribution is 5.83. The van der Waals surface area contributed by atoms with Gasteiger partial charge in [-0.3, -0.25) is 4.90 Å². The third-order valence-corrected chi connectivity index (χ3v) is 2.62. The van der Waals surface area contributed by atoms with E-state index in [1.54, 1.807) is 13.8 Å². The zero-order chi connectivity index (χ0) is 14.3. The SMILES string of the molecule is CC(C)N(CCCO)CC(C(N)=NO)C(F)(F)F. The number of nitrogens with two attached hydrogens (primary N) is 1. The molecular weight excluding hydrogens is 251 g/mol. The molecule has 0 aromatic carbocycles. The van der Waals surface area contributed by atoms with Gasteiger partial charge in [0, 0.05) is 25.7 Å². The van der Waals surface area contributed by atoms with Crippen molar-refractivity contribution in [2.24, 2.45) is 16.8 Å². The molecule has 0 spiro atoms. The third kappa shape index (κ3) is 5.54. The summed E-state index contributed by atoms with van der Waals surface area (Å²) in [4.78, 5) is 1.53. The first kappa shape index (κ1) is 17.0. The number of oxime groups is 1. The van der Waals surface area contributed by atoms with Gasteiger partial charge in [0.25, 0.3) is 0 Å². The van der Waals surface area contributed by atoms with Crippen LogP contribution >= 0.6 is 0 Å². The molecule has 0 amide bonds. The molecule has 0 aliphatic rings. The van der Waals surface area contributed by atoms with Gasteiger partial charge in [-0.25, -0.2) is 0 Å². The summed E-state index contributed by atoms with van der Waals surface area (Å²) >= 11 is 0. The molecule has 8 heteroatoms. The number of hydrogen-bond donors (Lipinski definition) is 3. The van der Waals surface area contributed by atoms with Crippen molar-refractivity contribution in [1.29, 1.82) is 0 Å². The van der Waals surface area contributed by atoms with Crippen LogP contribution in [0.15, 0.2) is 5.16 Å². The maximum Gasteiger partial charge on any atom is 0.400 e. The number of amidine groups is 1. The van der Waals surface area contributed by atoms with Gasteiger partial charge in [-0.05, 0) is 20.3 Å². The molecule has 0 aliphatic carbocycles. The quantitative estimate of drug-likeness (QED) is 0.279. The minimum atomic E-state index is -4.57. The van der Waals surface area contributed by atoms with Crippen molar-refractivity contribution in [3.8, 4) is 0 Å². The van der Waals surface area contributed by atoms with Crippen molar-refractivity contribution < 1.29 is 23.5 Å². The van der Waals surface area contributed by atoms with Gasteiger partial charge < -0.3 is 16.0 Å². The summed E-state index contributed by atoms with van der Waals surface area (Å²) in [5.74, 6) is -2.86. The van der Waals surface area contributed by atoms with Gasteiger partial charge in [-0.2, -0.15) is 13.2 Å². The molecule has 0 saturated heterocycles. The molecule has 18 heavy (non-hydrogen) atoms. The molecule has 0 heterocycles. The van der Waals surface area contributed by atoms with Crippen molar-refractivity contribution in [2.45, 2.75) is 32.5 Å². The van der Waals surface area contributed by atoms with Crippen molar-refractivity contribution in [2.75, 3.05) is 19.7 Å². The molecule has 0 fully saturated rings. The van der Waals surface area contributed by atoms with Crippen LogP contribution in [0, 0.1) is 5.92 Å². The Bertz CT molecular complexity index is 270. The van der Waals surface area contributed by atoms with Gasteiger partial charge in [0.2, 0.25) is 0 Å². The zero-order valence-corrected chi connectivity index (χ0v) is 10.5. The van der Waals surface area contributed by atoms with Gasteiger partial charge >= 0.3 is 6.18 Å². The first-order valence-corrected chi connectivity index (χ1v) is 5.63. The van der Waals surface area contributed by atoms with Gasteiger partial charge in [0.15, 0.2) is 5.84 Å². The van der Waals surface area contributed by atoms with E-state index in [2.05, 4.69) is 5.16 Å². The maximum absolute atomic E-state index is 12.8. The normalized spacial score (nSPS) is 15.4. The van der Waals surface area contributed by atoms with Crippen LogP contribution in [-0.4, -0.2) is 53.0 Å². The molecule has 0 aliphatic heterocycles. The monoisotopic (exact) mass is 271 g/mol. The van der Waals surface area contributed by atoms with Gasteiger partial charge in [0.05, 0.1) is 0 Å². The van der Waals surface area contributed by atoms with E-state index in [0.29, 0.717) is 13.0 Å². The predicted octanol–water partition coefficient (Wildman–Crippen LogP) is 1.00. The summed E-state index contributed by atoms with van der Waals surface area (Å²) in [5, 5.41) is 19.6. The molecule has 0 rings (SSSR count). The number of aliphatic hydroxyl groups excluding tert-OH is 1. The molecule has 0 bridgehead atoms. The minimum Gasteiger partial charge on any atom is -0.409 e. The van der Waals surface area contributed by atoms with Crippen LogP contribution in [0.25, 0.3) is 0 Å². The fourth-order valence-corrected chi connectivity index (χ4v) is 1.50. The topological polar surface area (TPSA) is 82.1 Å². The standard InChI is InChI=1S/C10H20F3N3O2/c1-7(2)16(4-3-5-17)6-8(9(14)15-18)10(11,12)13/h7-8,17-18H,3-6H2,1-2H3,(H2,14,15). The predicted molar refractivity (Wildman–Crippen MR) is 61.4 cm³/mol. The van der Waals surface area contributed by atoms with Crippen molar-refractivity contribution >= 4 is 5.84 Å². The first-order valence-electron chi connectivity index (χ1n) is 5.63. The first-order chi connectivity index (χ1) is 8.23. The van der Waals surface area contributed by atoms with Crippen LogP contribution in [0.3, 0.4) is 0 Å². The molecule has 1 unspecified atom stereocenters. The lowest BCUT2D eigenvalue weighted by molar-refractivity contribution is -0.161. The Kier molecular flexibility index (Phi) is 7.00. The second-order valence-electron chi connectivity index (χ2n) is 4.28. The van der Waals surface area contributed by atoms with Crippen molar-refractivity contribution in [3.05, 3.63) is 0 Å². The van der Waals surface area contributed by atoms with E-state index in [1.807, 2.05) is 0 Å². The summed E-state index contributed by atoms with van der Waals surface area (Å²) in [6.07, 6.45) is -4.19. The van der Waals surface area contributed by atoms with E-state index in [4.69, 9.17) is 16.0 Å². The average molecular weight is 271 g/mol. The van der Waals surface area contributed by atoms with Crippen LogP contribution in [0.2, 0.25) is 0 Å². The Balaban J connectivity index is 4.82. The summed E-state index contributed by atoms with van der Waals surface area (Å²) in [6, 6.07) is -0.132. The lowest BCUT2D eigenvalue weighted by atomic mass is 10.1. The molecule has 4 N–H and O–H groups in total. The Morgan fingerprint density at radius 3 is 2.28 bits per heavy atom. The smallest absolute Gasteiger partial charge is 0.400 e. The van der Waals surface area contributed by atoms with Crippen LogP contribution in [0.4, 0.5) is 13.2 Å². The lowest BCUT2D eigenvalue weighted by Crippen LogP contribution is -2.46. The van der Waals surface area contributed by atoms with Crippen LogP contribution in [-0.2, 0) is 0 Å². The van der Waals surface area contributed by atoms with Gasteiger partial charge in [-0.15, -0.1) is 0 Å². The number of aliphatic hydroxyl groups is 1. The number of hydrogen-bond acceptors (Lipinski definition) is 4. The molecule has 0 saturated carbocycles. The number of halogens is 3. The van der Waals surface area contributed by atoms with Gasteiger partial charge in [-0.1, -0.05) is 5.16 Å². The maximum atomic E-state index is 12.8. The van der Waals surface area contributed by atoms with Crippen molar-refractivity contribution in [3.63, 3.8) is 0 Å². The summed E-state index contributed by atoms with van der Waals surface area (Å²) in [6.45, 7) is 3.33. The highest BCUT2D eigenvalue weighted by Crippen LogP contribution is 2.27. The van der Waals surface area contributed by atoms with E-state index >= 15 is 0 Å². The Morgan fingerprint density at radius 2 is 1.94 bits per heavy atom. The number of alkyl halides is 3. The molecule has 0 aromatic heterocycles. The number of nitrogens with zero attached hydrogens (tertiary/aromatic N) is 2. The molecule has 0 aromatic rings. The summed E-state index contributed by atoms with van der Waals surface area (Å²) < 4.78 is 38.3. The van der Waals surface area contributed by atoms with E-state index in [1.165, 1.54) is 4.90 Å². The van der Waals surface area contributed by atoms with E-state index < -0.39 is 24.5 Å². The molecular formula is C10H20F3N3O2. The Labute approximate surface area is 104 Å². The highest BCUT2D eigenvalue weighted by atomic mass is 19.4. The van der Waals surface area contributed by atoms with Gasteiger partial charge in [0.1, 0.15) is 5.92 Å². The third-order valence-electron chi connectivity index (χ3n) is 2.62. The largest absolute Gasteiger partial charge is 0.409 e. The molecule has 1 atom stereocenters. The molecule has 5 nitrogen and oxygen atoms in total.